The van der Waals surface area contributed by atoms with Crippen LogP contribution in [0.25, 0.3) is 0 Å². The van der Waals surface area contributed by atoms with Crippen LogP contribution >= 0.6 is 0 Å². The lowest BCUT2D eigenvalue weighted by atomic mass is 10.1. The molecule has 1 aromatic heterocycles. The van der Waals surface area contributed by atoms with Gasteiger partial charge < -0.3 is 15.0 Å². The molecular formula is C16H24N2O4. The first-order valence-corrected chi connectivity index (χ1v) is 7.47. The van der Waals surface area contributed by atoms with Gasteiger partial charge in [-0.2, -0.15) is 0 Å². The number of carbonyl (C=O) groups excluding carboxylic acids is 1. The van der Waals surface area contributed by atoms with E-state index in [2.05, 4.69) is 5.32 Å². The van der Waals surface area contributed by atoms with Crippen LogP contribution in [-0.4, -0.2) is 27.6 Å². The van der Waals surface area contributed by atoms with Crippen LogP contribution in [0, 0.1) is 13.8 Å². The molecular weight excluding hydrogens is 284 g/mol. The molecule has 0 aromatic carbocycles. The van der Waals surface area contributed by atoms with Crippen molar-refractivity contribution in [1.29, 1.82) is 0 Å². The number of aryl methyl sites for hydroxylation is 1. The third-order valence-corrected chi connectivity index (χ3v) is 3.88. The highest BCUT2D eigenvalue weighted by molar-refractivity contribution is 5.94. The highest BCUT2D eigenvalue weighted by Crippen LogP contribution is 2.08. The summed E-state index contributed by atoms with van der Waals surface area (Å²) in [4.78, 5) is 35.4. The van der Waals surface area contributed by atoms with Crippen molar-refractivity contribution < 1.29 is 14.7 Å². The zero-order valence-electron chi connectivity index (χ0n) is 13.6. The minimum absolute atomic E-state index is 0.0532. The number of carboxylic acid groups (broad SMARTS) is 1. The molecule has 1 atom stereocenters. The molecule has 6 nitrogen and oxygen atoms in total. The lowest BCUT2D eigenvalue weighted by molar-refractivity contribution is -0.137. The SMILES string of the molecule is CCCC[C@@H](CC(=O)O)NC(=O)c1cc(C)c(C)n(C)c1=O. The Morgan fingerprint density at radius 1 is 1.36 bits per heavy atom. The molecule has 0 aliphatic heterocycles. The van der Waals surface area contributed by atoms with Crippen molar-refractivity contribution in [2.24, 2.45) is 7.05 Å². The van der Waals surface area contributed by atoms with Gasteiger partial charge in [0, 0.05) is 18.8 Å². The molecule has 0 aliphatic rings. The Morgan fingerprint density at radius 2 is 2.00 bits per heavy atom. The molecule has 22 heavy (non-hydrogen) atoms. The summed E-state index contributed by atoms with van der Waals surface area (Å²) < 4.78 is 1.43. The summed E-state index contributed by atoms with van der Waals surface area (Å²) in [5.74, 6) is -1.47. The number of pyridine rings is 1. The van der Waals surface area contributed by atoms with Gasteiger partial charge >= 0.3 is 5.97 Å². The third-order valence-electron chi connectivity index (χ3n) is 3.88. The predicted molar refractivity (Wildman–Crippen MR) is 84.2 cm³/mol. The van der Waals surface area contributed by atoms with Gasteiger partial charge in [-0.3, -0.25) is 14.4 Å². The zero-order valence-corrected chi connectivity index (χ0v) is 13.6. The number of rotatable bonds is 7. The Hall–Kier alpha value is -2.11. The van der Waals surface area contributed by atoms with Crippen molar-refractivity contribution >= 4 is 11.9 Å². The smallest absolute Gasteiger partial charge is 0.305 e. The molecule has 0 aliphatic carbocycles. The Balaban J connectivity index is 2.99. The molecule has 0 bridgehead atoms. The monoisotopic (exact) mass is 308 g/mol. The average Bonchev–Trinajstić information content (AvgIpc) is 2.45. The standard InChI is InChI=1S/C16H24N2O4/c1-5-6-7-12(9-14(19)20)17-15(21)13-8-10(2)11(3)18(4)16(13)22/h8,12H,5-7,9H2,1-4H3,(H,17,21)(H,19,20)/t12-/m0/s1. The van der Waals surface area contributed by atoms with E-state index in [0.717, 1.165) is 24.1 Å². The highest BCUT2D eigenvalue weighted by atomic mass is 16.4. The van der Waals surface area contributed by atoms with Crippen molar-refractivity contribution in [1.82, 2.24) is 9.88 Å². The van der Waals surface area contributed by atoms with Crippen LogP contribution in [0.1, 0.15) is 54.2 Å². The Kier molecular flexibility index (Phi) is 6.34. The summed E-state index contributed by atoms with van der Waals surface area (Å²) in [6.45, 7) is 5.64. The number of hydrogen-bond acceptors (Lipinski definition) is 3. The van der Waals surface area contributed by atoms with Gasteiger partial charge in [0.2, 0.25) is 0 Å². The van der Waals surface area contributed by atoms with Crippen LogP contribution in [0.4, 0.5) is 0 Å². The molecule has 0 saturated heterocycles. The van der Waals surface area contributed by atoms with Crippen LogP contribution in [-0.2, 0) is 11.8 Å². The lowest BCUT2D eigenvalue weighted by Crippen LogP contribution is -2.40. The molecule has 1 heterocycles. The lowest BCUT2D eigenvalue weighted by Gasteiger charge is -2.17. The fourth-order valence-electron chi connectivity index (χ4n) is 2.29. The van der Waals surface area contributed by atoms with Crippen molar-refractivity contribution in [3.05, 3.63) is 33.2 Å². The van der Waals surface area contributed by atoms with Gasteiger partial charge in [0.1, 0.15) is 5.56 Å². The quantitative estimate of drug-likeness (QED) is 0.803. The normalized spacial score (nSPS) is 12.0. The van der Waals surface area contributed by atoms with Crippen LogP contribution in [0.15, 0.2) is 10.9 Å². The second-order valence-corrected chi connectivity index (χ2v) is 5.60. The van der Waals surface area contributed by atoms with Gasteiger partial charge in [0.15, 0.2) is 0 Å². The molecule has 1 rings (SSSR count). The number of nitrogens with one attached hydrogen (secondary N) is 1. The van der Waals surface area contributed by atoms with Crippen LogP contribution in [0.3, 0.4) is 0 Å². The summed E-state index contributed by atoms with van der Waals surface area (Å²) in [7, 11) is 1.62. The van der Waals surface area contributed by atoms with Gasteiger partial charge in [0.25, 0.3) is 11.5 Å². The summed E-state index contributed by atoms with van der Waals surface area (Å²) >= 11 is 0. The Morgan fingerprint density at radius 3 is 2.55 bits per heavy atom. The van der Waals surface area contributed by atoms with E-state index in [1.165, 1.54) is 4.57 Å². The summed E-state index contributed by atoms with van der Waals surface area (Å²) in [6.07, 6.45) is 2.18. The van der Waals surface area contributed by atoms with Crippen LogP contribution in [0.5, 0.6) is 0 Å². The Bertz CT molecular complexity index is 619. The maximum absolute atomic E-state index is 12.3. The maximum atomic E-state index is 12.3. The summed E-state index contributed by atoms with van der Waals surface area (Å²) in [5.41, 5.74) is 1.33. The molecule has 1 aromatic rings. The minimum atomic E-state index is -0.964. The number of aliphatic carboxylic acids is 1. The van der Waals surface area contributed by atoms with Gasteiger partial charge in [-0.05, 0) is 31.9 Å². The topological polar surface area (TPSA) is 88.4 Å². The van der Waals surface area contributed by atoms with E-state index in [1.807, 2.05) is 20.8 Å². The number of nitrogens with zero attached hydrogens (tertiary/aromatic N) is 1. The van der Waals surface area contributed by atoms with Crippen molar-refractivity contribution in [2.45, 2.75) is 52.5 Å². The van der Waals surface area contributed by atoms with Crippen molar-refractivity contribution in [2.75, 3.05) is 0 Å². The fraction of sp³-hybridized carbons (Fsp3) is 0.562. The van der Waals surface area contributed by atoms with Gasteiger partial charge in [-0.25, -0.2) is 0 Å². The number of hydrogen-bond donors (Lipinski definition) is 2. The van der Waals surface area contributed by atoms with E-state index in [1.54, 1.807) is 13.1 Å². The molecule has 6 heteroatoms. The molecule has 0 radical (unpaired) electrons. The molecule has 122 valence electrons. The van der Waals surface area contributed by atoms with Crippen molar-refractivity contribution in [3.8, 4) is 0 Å². The summed E-state index contributed by atoms with van der Waals surface area (Å²) in [5, 5.41) is 11.6. The fourth-order valence-corrected chi connectivity index (χ4v) is 2.29. The van der Waals surface area contributed by atoms with E-state index in [9.17, 15) is 14.4 Å². The van der Waals surface area contributed by atoms with Crippen molar-refractivity contribution in [3.63, 3.8) is 0 Å². The molecule has 0 spiro atoms. The van der Waals surface area contributed by atoms with E-state index >= 15 is 0 Å². The van der Waals surface area contributed by atoms with E-state index in [4.69, 9.17) is 5.11 Å². The molecule has 0 saturated carbocycles. The molecule has 1 amide bonds. The number of aromatic nitrogens is 1. The van der Waals surface area contributed by atoms with Gasteiger partial charge in [0.05, 0.1) is 6.42 Å². The molecule has 2 N–H and O–H groups in total. The van der Waals surface area contributed by atoms with Crippen LogP contribution < -0.4 is 10.9 Å². The first-order valence-electron chi connectivity index (χ1n) is 7.47. The van der Waals surface area contributed by atoms with Gasteiger partial charge in [-0.1, -0.05) is 19.8 Å². The average molecular weight is 308 g/mol. The second-order valence-electron chi connectivity index (χ2n) is 5.60. The number of amides is 1. The first-order chi connectivity index (χ1) is 10.3. The highest BCUT2D eigenvalue weighted by Gasteiger charge is 2.20. The first kappa shape index (κ1) is 17.9. The third kappa shape index (κ3) is 4.44. The number of carboxylic acids is 1. The number of unbranched alkanes of at least 4 members (excludes halogenated alkanes) is 1. The van der Waals surface area contributed by atoms with Crippen LogP contribution in [0.2, 0.25) is 0 Å². The van der Waals surface area contributed by atoms with Gasteiger partial charge in [-0.15, -0.1) is 0 Å². The largest absolute Gasteiger partial charge is 0.481 e. The number of carbonyl (C=O) groups is 2. The van der Waals surface area contributed by atoms with E-state index in [-0.39, 0.29) is 17.5 Å². The maximum Gasteiger partial charge on any atom is 0.305 e. The Labute approximate surface area is 130 Å². The molecule has 0 unspecified atom stereocenters. The predicted octanol–water partition coefficient (Wildman–Crippen LogP) is 1.77. The van der Waals surface area contributed by atoms with E-state index in [0.29, 0.717) is 6.42 Å². The zero-order chi connectivity index (χ0) is 16.9. The van der Waals surface area contributed by atoms with E-state index < -0.39 is 17.9 Å². The second kappa shape index (κ2) is 7.77. The molecule has 0 fully saturated rings. The summed E-state index contributed by atoms with van der Waals surface area (Å²) in [6, 6.07) is 1.10. The minimum Gasteiger partial charge on any atom is -0.481 e.